The molecule has 2 N–H and O–H groups in total. The van der Waals surface area contributed by atoms with Gasteiger partial charge in [-0.15, -0.1) is 11.3 Å². The topological polar surface area (TPSA) is 93.1 Å². The van der Waals surface area contributed by atoms with Crippen LogP contribution in [-0.4, -0.2) is 29.0 Å². The van der Waals surface area contributed by atoms with Crippen LogP contribution in [0.15, 0.2) is 24.3 Å². The molecule has 0 aliphatic heterocycles. The second-order valence-corrected chi connectivity index (χ2v) is 7.45. The average Bonchev–Trinajstić information content (AvgIpc) is 2.90. The molecule has 0 radical (unpaired) electrons. The van der Waals surface area contributed by atoms with E-state index in [9.17, 15) is 19.6 Å². The highest BCUT2D eigenvalue weighted by atomic mass is 32.1. The van der Waals surface area contributed by atoms with E-state index in [4.69, 9.17) is 9.05 Å². The van der Waals surface area contributed by atoms with Gasteiger partial charge in [-0.2, -0.15) is 0 Å². The minimum Gasteiger partial charge on any atom is -0.364 e. The van der Waals surface area contributed by atoms with Crippen molar-refractivity contribution in [3.05, 3.63) is 34.7 Å². The Kier molecular flexibility index (Phi) is 5.50. The van der Waals surface area contributed by atoms with Crippen molar-refractivity contribution in [2.24, 2.45) is 0 Å². The van der Waals surface area contributed by atoms with Gasteiger partial charge < -0.3 is 19.3 Å². The summed E-state index contributed by atoms with van der Waals surface area (Å²) in [6, 6.07) is 6.32. The van der Waals surface area contributed by atoms with Gasteiger partial charge in [-0.3, -0.25) is 9.36 Å². The molecule has 0 atom stereocenters. The Labute approximate surface area is 131 Å². The van der Waals surface area contributed by atoms with Crippen molar-refractivity contribution in [2.45, 2.75) is 20.1 Å². The zero-order valence-corrected chi connectivity index (χ0v) is 13.9. The first-order valence-electron chi connectivity index (χ1n) is 6.75. The van der Waals surface area contributed by atoms with Crippen LogP contribution in [0.3, 0.4) is 0 Å². The predicted molar refractivity (Wildman–Crippen MR) is 84.2 cm³/mol. The smallest absolute Gasteiger partial charge is 0.364 e. The van der Waals surface area contributed by atoms with Crippen molar-refractivity contribution in [2.75, 3.05) is 13.2 Å². The Morgan fingerprint density at radius 3 is 2.41 bits per heavy atom. The number of benzene rings is 1. The number of aliphatic hydroxyl groups is 2. The second kappa shape index (κ2) is 7.00. The lowest BCUT2D eigenvalue weighted by Gasteiger charge is -2.15. The van der Waals surface area contributed by atoms with Crippen molar-refractivity contribution < 1.29 is 28.6 Å². The Morgan fingerprint density at radius 2 is 1.86 bits per heavy atom. The number of thiophene rings is 1. The van der Waals surface area contributed by atoms with Crippen LogP contribution in [0.5, 0.6) is 0 Å². The molecule has 0 amide bonds. The van der Waals surface area contributed by atoms with Crippen molar-refractivity contribution in [1.29, 1.82) is 0 Å². The lowest BCUT2D eigenvalue weighted by Crippen LogP contribution is -2.07. The van der Waals surface area contributed by atoms with E-state index in [1.54, 1.807) is 32.0 Å². The van der Waals surface area contributed by atoms with Gasteiger partial charge in [0.15, 0.2) is 6.29 Å². The highest BCUT2D eigenvalue weighted by Crippen LogP contribution is 2.51. The molecular weight excluding hydrogens is 327 g/mol. The lowest BCUT2D eigenvalue weighted by molar-refractivity contribution is -0.0394. The fourth-order valence-corrected chi connectivity index (χ4v) is 4.34. The van der Waals surface area contributed by atoms with Gasteiger partial charge in [0.05, 0.1) is 18.1 Å². The molecule has 0 bridgehead atoms. The summed E-state index contributed by atoms with van der Waals surface area (Å²) in [5.74, 6) is 0. The van der Waals surface area contributed by atoms with Crippen LogP contribution in [0.2, 0.25) is 0 Å². The van der Waals surface area contributed by atoms with Crippen LogP contribution in [0, 0.1) is 0 Å². The van der Waals surface area contributed by atoms with Gasteiger partial charge in [0.2, 0.25) is 0 Å². The Balaban J connectivity index is 2.40. The number of carbonyl (C=O) groups excluding carboxylic acids is 1. The van der Waals surface area contributed by atoms with Crippen LogP contribution in [0.1, 0.15) is 35.4 Å². The average molecular weight is 344 g/mol. The van der Waals surface area contributed by atoms with E-state index >= 15 is 0 Å². The predicted octanol–water partition coefficient (Wildman–Crippen LogP) is 3.29. The van der Waals surface area contributed by atoms with Gasteiger partial charge in [0.1, 0.15) is 0 Å². The van der Waals surface area contributed by atoms with Crippen LogP contribution in [-0.2, 0) is 13.6 Å². The molecule has 2 aromatic rings. The Hall–Kier alpha value is -1.08. The summed E-state index contributed by atoms with van der Waals surface area (Å²) in [5, 5.41) is 19.0. The largest absolute Gasteiger partial charge is 0.401 e. The van der Waals surface area contributed by atoms with Gasteiger partial charge in [-0.25, -0.2) is 0 Å². The van der Waals surface area contributed by atoms with Gasteiger partial charge in [0.25, 0.3) is 5.52 Å². The van der Waals surface area contributed by atoms with Crippen molar-refractivity contribution in [3.8, 4) is 0 Å². The van der Waals surface area contributed by atoms with Crippen molar-refractivity contribution in [1.82, 2.24) is 0 Å². The molecule has 2 rings (SSSR count). The van der Waals surface area contributed by atoms with E-state index in [1.807, 2.05) is 0 Å². The lowest BCUT2D eigenvalue weighted by atomic mass is 10.2. The fourth-order valence-electron chi connectivity index (χ4n) is 1.98. The monoisotopic (exact) mass is 344 g/mol. The molecular formula is C14H17O6PS. The molecule has 0 aliphatic rings. The van der Waals surface area contributed by atoms with Crippen LogP contribution < -0.4 is 0 Å². The molecule has 0 fully saturated rings. The van der Waals surface area contributed by atoms with Gasteiger partial charge in [0, 0.05) is 10.3 Å². The summed E-state index contributed by atoms with van der Waals surface area (Å²) in [5.41, 5.74) is -0.495. The molecule has 0 unspecified atom stereocenters. The van der Waals surface area contributed by atoms with Crippen LogP contribution in [0.4, 0.5) is 0 Å². The summed E-state index contributed by atoms with van der Waals surface area (Å²) >= 11 is 1.21. The van der Waals surface area contributed by atoms with E-state index in [1.165, 1.54) is 17.4 Å². The molecule has 0 saturated carbocycles. The summed E-state index contributed by atoms with van der Waals surface area (Å²) in [4.78, 5) is 12.8. The number of carbonyl (C=O) groups is 1. The first-order chi connectivity index (χ1) is 10.4. The number of aliphatic hydroxyl groups excluding tert-OH is 1. The zero-order valence-electron chi connectivity index (χ0n) is 12.2. The van der Waals surface area contributed by atoms with E-state index in [0.717, 1.165) is 4.70 Å². The standard InChI is InChI=1S/C14H17O6PS/c1-3-19-21(18,20-4-2)14(17)9-5-6-11-10(7-9)8-12(22-11)13(15)16/h5-8,13,15-16H,3-4H2,1-2H3. The Morgan fingerprint density at radius 1 is 1.23 bits per heavy atom. The molecule has 8 heteroatoms. The number of hydrogen-bond acceptors (Lipinski definition) is 7. The minimum absolute atomic E-state index is 0.102. The SMILES string of the molecule is CCOP(=O)(OCC)C(=O)c1ccc2sc(C(O)O)cc2c1. The third-order valence-corrected chi connectivity index (χ3v) is 5.99. The molecule has 0 saturated heterocycles. The number of rotatable bonds is 7. The van der Waals surface area contributed by atoms with Crippen molar-refractivity contribution >= 4 is 34.5 Å². The number of fused-ring (bicyclic) bond motifs is 1. The summed E-state index contributed by atoms with van der Waals surface area (Å²) in [7, 11) is -3.86. The maximum atomic E-state index is 12.5. The van der Waals surface area contributed by atoms with Crippen molar-refractivity contribution in [3.63, 3.8) is 0 Å². The maximum absolute atomic E-state index is 12.5. The highest BCUT2D eigenvalue weighted by Gasteiger charge is 2.35. The summed E-state index contributed by atoms with van der Waals surface area (Å²) in [6.07, 6.45) is -1.56. The minimum atomic E-state index is -3.86. The summed E-state index contributed by atoms with van der Waals surface area (Å²) in [6.45, 7) is 3.47. The highest BCUT2D eigenvalue weighted by molar-refractivity contribution is 7.72. The fraction of sp³-hybridized carbons (Fsp3) is 0.357. The molecule has 1 aromatic carbocycles. The third kappa shape index (κ3) is 3.46. The molecule has 120 valence electrons. The molecule has 22 heavy (non-hydrogen) atoms. The summed E-state index contributed by atoms with van der Waals surface area (Å²) < 4.78 is 23.4. The van der Waals surface area contributed by atoms with Gasteiger partial charge in [-0.1, -0.05) is 0 Å². The molecule has 0 aliphatic carbocycles. The third-order valence-electron chi connectivity index (χ3n) is 2.88. The van der Waals surface area contributed by atoms with Gasteiger partial charge in [-0.05, 0) is 43.5 Å². The molecule has 1 heterocycles. The molecule has 1 aromatic heterocycles. The number of hydrogen-bond donors (Lipinski definition) is 2. The quantitative estimate of drug-likeness (QED) is 0.591. The first-order valence-corrected chi connectivity index (χ1v) is 9.10. The second-order valence-electron chi connectivity index (χ2n) is 4.41. The van der Waals surface area contributed by atoms with Crippen LogP contribution in [0.25, 0.3) is 10.1 Å². The molecule has 6 nitrogen and oxygen atoms in total. The van der Waals surface area contributed by atoms with E-state index < -0.39 is 19.4 Å². The Bertz CT molecular complexity index is 713. The first kappa shape index (κ1) is 17.3. The molecule has 0 spiro atoms. The van der Waals surface area contributed by atoms with E-state index in [2.05, 4.69) is 0 Å². The van der Waals surface area contributed by atoms with Crippen LogP contribution >= 0.6 is 18.9 Å². The maximum Gasteiger partial charge on any atom is 0.401 e. The van der Waals surface area contributed by atoms with E-state index in [0.29, 0.717) is 10.3 Å². The normalized spacial score (nSPS) is 12.2. The van der Waals surface area contributed by atoms with E-state index in [-0.39, 0.29) is 18.8 Å². The zero-order chi connectivity index (χ0) is 16.3. The van der Waals surface area contributed by atoms with Gasteiger partial charge >= 0.3 is 7.60 Å².